The Balaban J connectivity index is 0.00000341. The van der Waals surface area contributed by atoms with Gasteiger partial charge in [-0.3, -0.25) is 0 Å². The predicted octanol–water partition coefficient (Wildman–Crippen LogP) is 3.72. The molecule has 1 fully saturated rings. The summed E-state index contributed by atoms with van der Waals surface area (Å²) in [5, 5.41) is 27.0. The number of aliphatic imine (C=N–C) groups is 1. The van der Waals surface area contributed by atoms with Crippen LogP contribution in [0.2, 0.25) is 0 Å². The van der Waals surface area contributed by atoms with Crippen molar-refractivity contribution in [2.24, 2.45) is 4.99 Å². The first kappa shape index (κ1) is 26.0. The number of nitrogens with zero attached hydrogens (tertiary/aromatic N) is 4. The second-order valence-corrected chi connectivity index (χ2v) is 8.66. The van der Waals surface area contributed by atoms with Gasteiger partial charge in [0.2, 0.25) is 0 Å². The number of rotatable bonds is 10. The van der Waals surface area contributed by atoms with Crippen LogP contribution in [0.1, 0.15) is 63.6 Å². The quantitative estimate of drug-likeness (QED) is 0.133. The minimum atomic E-state index is -1.14. The first-order valence-electron chi connectivity index (χ1n) is 10.8. The van der Waals surface area contributed by atoms with Crippen molar-refractivity contribution in [1.29, 1.82) is 0 Å². The summed E-state index contributed by atoms with van der Waals surface area (Å²) in [7, 11) is 0. The maximum atomic E-state index is 10.6. The molecule has 1 aliphatic rings. The second kappa shape index (κ2) is 12.7. The van der Waals surface area contributed by atoms with Crippen LogP contribution in [0.4, 0.5) is 0 Å². The third kappa shape index (κ3) is 7.11. The number of halogens is 1. The first-order valence-corrected chi connectivity index (χ1v) is 12.0. The van der Waals surface area contributed by atoms with Gasteiger partial charge in [0.25, 0.3) is 0 Å². The standard InChI is InChI=1S/C21H34N6O2S.HI/c1-4-22-19(24-15-21(2,28)17-11-8-14-29-17)23-13-7-12-18-25-26-20(30-3)27(18)16-9-5-6-10-16;/h8,11,14,16,28H,4-7,9-10,12-13,15H2,1-3H3,(H2,22,23,24);1H. The van der Waals surface area contributed by atoms with E-state index >= 15 is 0 Å². The van der Waals surface area contributed by atoms with Gasteiger partial charge in [0.15, 0.2) is 11.1 Å². The Labute approximate surface area is 206 Å². The molecule has 0 bridgehead atoms. The summed E-state index contributed by atoms with van der Waals surface area (Å²) in [5.41, 5.74) is -1.14. The van der Waals surface area contributed by atoms with Crippen LogP contribution in [0.25, 0.3) is 0 Å². The lowest BCUT2D eigenvalue weighted by Gasteiger charge is -2.19. The number of nitrogens with one attached hydrogen (secondary N) is 2. The maximum absolute atomic E-state index is 10.6. The molecular formula is C21H35IN6O2S. The Morgan fingerprint density at radius 3 is 2.77 bits per heavy atom. The van der Waals surface area contributed by atoms with Gasteiger partial charge in [-0.25, -0.2) is 4.99 Å². The third-order valence-electron chi connectivity index (χ3n) is 5.42. The predicted molar refractivity (Wildman–Crippen MR) is 135 cm³/mol. The van der Waals surface area contributed by atoms with Gasteiger partial charge in [0.05, 0.1) is 12.8 Å². The fraction of sp³-hybridized carbons (Fsp3) is 0.667. The highest BCUT2D eigenvalue weighted by atomic mass is 127. The Morgan fingerprint density at radius 2 is 2.13 bits per heavy atom. The molecule has 0 saturated heterocycles. The largest absolute Gasteiger partial charge is 0.466 e. The highest BCUT2D eigenvalue weighted by Crippen LogP contribution is 2.33. The van der Waals surface area contributed by atoms with E-state index in [4.69, 9.17) is 4.42 Å². The zero-order valence-electron chi connectivity index (χ0n) is 18.6. The monoisotopic (exact) mass is 562 g/mol. The van der Waals surface area contributed by atoms with E-state index < -0.39 is 5.60 Å². The van der Waals surface area contributed by atoms with Gasteiger partial charge in [-0.05, 0) is 51.5 Å². The molecule has 31 heavy (non-hydrogen) atoms. The summed E-state index contributed by atoms with van der Waals surface area (Å²) in [5.74, 6) is 2.28. The van der Waals surface area contributed by atoms with Crippen molar-refractivity contribution in [2.45, 2.75) is 69.2 Å². The van der Waals surface area contributed by atoms with E-state index in [-0.39, 0.29) is 30.5 Å². The van der Waals surface area contributed by atoms with Crippen molar-refractivity contribution in [1.82, 2.24) is 25.4 Å². The van der Waals surface area contributed by atoms with Crippen LogP contribution in [0.3, 0.4) is 0 Å². The number of guanidine groups is 1. The van der Waals surface area contributed by atoms with Crippen molar-refractivity contribution >= 4 is 41.7 Å². The van der Waals surface area contributed by atoms with E-state index in [1.165, 1.54) is 25.7 Å². The van der Waals surface area contributed by atoms with E-state index in [1.54, 1.807) is 37.1 Å². The van der Waals surface area contributed by atoms with Gasteiger partial charge in [-0.2, -0.15) is 0 Å². The number of thioether (sulfide) groups is 1. The number of aryl methyl sites for hydroxylation is 1. The van der Waals surface area contributed by atoms with Gasteiger partial charge in [-0.1, -0.05) is 24.6 Å². The lowest BCUT2D eigenvalue weighted by molar-refractivity contribution is 0.0437. The molecule has 174 valence electrons. The van der Waals surface area contributed by atoms with E-state index in [2.05, 4.69) is 36.6 Å². The van der Waals surface area contributed by atoms with E-state index in [9.17, 15) is 5.11 Å². The van der Waals surface area contributed by atoms with Crippen LogP contribution in [-0.4, -0.2) is 51.7 Å². The Bertz CT molecular complexity index is 803. The smallest absolute Gasteiger partial charge is 0.191 e. The SMILES string of the molecule is CCNC(=NCC(C)(O)c1ccco1)NCCCc1nnc(SC)n1C1CCCC1.I. The summed E-state index contributed by atoms with van der Waals surface area (Å²) in [6, 6.07) is 4.08. The van der Waals surface area contributed by atoms with Crippen molar-refractivity contribution in [3.05, 3.63) is 30.0 Å². The lowest BCUT2D eigenvalue weighted by Crippen LogP contribution is -2.39. The average molecular weight is 563 g/mol. The minimum absolute atomic E-state index is 0. The van der Waals surface area contributed by atoms with Gasteiger partial charge in [0.1, 0.15) is 17.2 Å². The molecule has 0 radical (unpaired) electrons. The normalized spacial score (nSPS) is 16.7. The van der Waals surface area contributed by atoms with Crippen molar-refractivity contribution in [3.8, 4) is 0 Å². The first-order chi connectivity index (χ1) is 14.5. The molecule has 1 atom stereocenters. The lowest BCUT2D eigenvalue weighted by atomic mass is 10.0. The van der Waals surface area contributed by atoms with Crippen LogP contribution < -0.4 is 10.6 Å². The number of aliphatic hydroxyl groups is 1. The molecule has 0 spiro atoms. The molecule has 8 nitrogen and oxygen atoms in total. The Kier molecular flexibility index (Phi) is 10.6. The second-order valence-electron chi connectivity index (χ2n) is 7.89. The molecule has 0 aliphatic heterocycles. The fourth-order valence-corrected chi connectivity index (χ4v) is 4.41. The molecule has 3 N–H and O–H groups in total. The van der Waals surface area contributed by atoms with Crippen LogP contribution in [-0.2, 0) is 12.0 Å². The average Bonchev–Trinajstić information content (AvgIpc) is 3.49. The summed E-state index contributed by atoms with van der Waals surface area (Å²) < 4.78 is 7.68. The van der Waals surface area contributed by atoms with Crippen molar-refractivity contribution in [3.63, 3.8) is 0 Å². The molecule has 10 heteroatoms. The highest BCUT2D eigenvalue weighted by molar-refractivity contribution is 14.0. The summed E-state index contributed by atoms with van der Waals surface area (Å²) in [4.78, 5) is 4.53. The number of furan rings is 1. The van der Waals surface area contributed by atoms with Gasteiger partial charge in [0, 0.05) is 25.6 Å². The maximum Gasteiger partial charge on any atom is 0.191 e. The topological polar surface area (TPSA) is 100 Å². The number of hydrogen-bond donors (Lipinski definition) is 3. The van der Waals surface area contributed by atoms with Crippen LogP contribution >= 0.6 is 35.7 Å². The van der Waals surface area contributed by atoms with Crippen LogP contribution in [0.5, 0.6) is 0 Å². The molecule has 2 heterocycles. The summed E-state index contributed by atoms with van der Waals surface area (Å²) >= 11 is 1.67. The van der Waals surface area contributed by atoms with Gasteiger partial charge in [-0.15, -0.1) is 34.2 Å². The van der Waals surface area contributed by atoms with Gasteiger partial charge >= 0.3 is 0 Å². The van der Waals surface area contributed by atoms with Crippen molar-refractivity contribution < 1.29 is 9.52 Å². The van der Waals surface area contributed by atoms with E-state index in [1.807, 2.05) is 6.92 Å². The molecule has 1 saturated carbocycles. The minimum Gasteiger partial charge on any atom is -0.466 e. The molecule has 2 aromatic rings. The van der Waals surface area contributed by atoms with Crippen molar-refractivity contribution in [2.75, 3.05) is 25.9 Å². The summed E-state index contributed by atoms with van der Waals surface area (Å²) in [6.45, 7) is 5.46. The Morgan fingerprint density at radius 1 is 1.35 bits per heavy atom. The zero-order valence-corrected chi connectivity index (χ0v) is 21.8. The molecule has 1 aliphatic carbocycles. The molecule has 3 rings (SSSR count). The van der Waals surface area contributed by atoms with Crippen LogP contribution in [0.15, 0.2) is 33.0 Å². The highest BCUT2D eigenvalue weighted by Gasteiger charge is 2.26. The van der Waals surface area contributed by atoms with Gasteiger partial charge < -0.3 is 24.7 Å². The van der Waals surface area contributed by atoms with E-state index in [0.717, 1.165) is 36.9 Å². The molecule has 0 aromatic carbocycles. The molecular weight excluding hydrogens is 527 g/mol. The molecule has 1 unspecified atom stereocenters. The molecule has 0 amide bonds. The van der Waals surface area contributed by atoms with Crippen LogP contribution in [0, 0.1) is 0 Å². The molecule has 2 aromatic heterocycles. The zero-order chi connectivity index (χ0) is 21.4. The fourth-order valence-electron chi connectivity index (χ4n) is 3.84. The number of hydrogen-bond acceptors (Lipinski definition) is 6. The Hall–Kier alpha value is -1.27. The van der Waals surface area contributed by atoms with E-state index in [0.29, 0.717) is 17.8 Å². The summed E-state index contributed by atoms with van der Waals surface area (Å²) in [6.07, 6.45) is 10.5. The number of aromatic nitrogens is 3. The third-order valence-corrected chi connectivity index (χ3v) is 6.06.